The van der Waals surface area contributed by atoms with Gasteiger partial charge >= 0.3 is 6.09 Å². The van der Waals surface area contributed by atoms with Crippen molar-refractivity contribution in [3.8, 4) is 0 Å². The number of benzene rings is 1. The molecule has 0 saturated carbocycles. The van der Waals surface area contributed by atoms with E-state index in [2.05, 4.69) is 22.6 Å². The highest BCUT2D eigenvalue weighted by Gasteiger charge is 2.43. The van der Waals surface area contributed by atoms with Gasteiger partial charge in [-0.3, -0.25) is 19.6 Å². The van der Waals surface area contributed by atoms with Gasteiger partial charge in [0.2, 0.25) is 11.8 Å². The minimum absolute atomic E-state index is 0.236. The summed E-state index contributed by atoms with van der Waals surface area (Å²) in [4.78, 5) is 38.3. The molecule has 1 atom stereocenters. The molecule has 2 aliphatic rings. The van der Waals surface area contributed by atoms with Crippen molar-refractivity contribution in [2.24, 2.45) is 7.05 Å². The van der Waals surface area contributed by atoms with Crippen LogP contribution in [-0.4, -0.2) is 51.3 Å². The van der Waals surface area contributed by atoms with E-state index in [1.54, 1.807) is 9.58 Å². The summed E-state index contributed by atoms with van der Waals surface area (Å²) in [6.07, 6.45) is 3.25. The van der Waals surface area contributed by atoms with Crippen LogP contribution in [-0.2, 0) is 26.8 Å². The van der Waals surface area contributed by atoms with Crippen molar-refractivity contribution < 1.29 is 19.1 Å². The Morgan fingerprint density at radius 1 is 1.22 bits per heavy atom. The lowest BCUT2D eigenvalue weighted by molar-refractivity contribution is -0.137. The Labute approximate surface area is 187 Å². The molecule has 1 aromatic heterocycles. The second-order valence-electron chi connectivity index (χ2n) is 9.82. The standard InChI is InChI=1S/C24H30N4O4/c1-23(2,3)32-22(31)28-12-9-15(10-13-28)16-6-7-17-18(14-16)27(5)26-20(17)24(4)11-8-19(29)25-21(24)30/h6-7,9,14H,8,10-13H2,1-5H3,(H,25,29,30). The molecule has 0 radical (unpaired) electrons. The number of nitrogens with one attached hydrogen (secondary N) is 1. The molecule has 1 saturated heterocycles. The van der Waals surface area contributed by atoms with E-state index in [0.717, 1.165) is 22.9 Å². The number of rotatable bonds is 2. The number of hydrogen-bond donors (Lipinski definition) is 1. The first-order valence-electron chi connectivity index (χ1n) is 11.0. The van der Waals surface area contributed by atoms with Crippen molar-refractivity contribution in [3.63, 3.8) is 0 Å². The second-order valence-corrected chi connectivity index (χ2v) is 9.82. The van der Waals surface area contributed by atoms with Crippen molar-refractivity contribution in [1.82, 2.24) is 20.0 Å². The van der Waals surface area contributed by atoms with Gasteiger partial charge in [0.25, 0.3) is 0 Å². The molecule has 0 aliphatic carbocycles. The maximum atomic E-state index is 12.6. The maximum absolute atomic E-state index is 12.6. The van der Waals surface area contributed by atoms with E-state index in [9.17, 15) is 14.4 Å². The number of aryl methyl sites for hydroxylation is 1. The molecule has 1 aromatic carbocycles. The molecule has 170 valence electrons. The van der Waals surface area contributed by atoms with Crippen molar-refractivity contribution in [1.29, 1.82) is 0 Å². The van der Waals surface area contributed by atoms with E-state index in [0.29, 0.717) is 31.6 Å². The van der Waals surface area contributed by atoms with Crippen LogP contribution in [0.25, 0.3) is 16.5 Å². The molecular formula is C24H30N4O4. The summed E-state index contributed by atoms with van der Waals surface area (Å²) in [5, 5.41) is 8.04. The number of fused-ring (bicyclic) bond motifs is 1. The number of piperidine rings is 1. The van der Waals surface area contributed by atoms with Crippen molar-refractivity contribution in [3.05, 3.63) is 35.5 Å². The number of amides is 3. The Balaban J connectivity index is 1.59. The smallest absolute Gasteiger partial charge is 0.410 e. The lowest BCUT2D eigenvalue weighted by Crippen LogP contribution is -2.50. The monoisotopic (exact) mass is 438 g/mol. The van der Waals surface area contributed by atoms with Crippen molar-refractivity contribution in [2.45, 2.75) is 58.0 Å². The molecule has 3 amide bonds. The van der Waals surface area contributed by atoms with Gasteiger partial charge in [0, 0.05) is 31.9 Å². The summed E-state index contributed by atoms with van der Waals surface area (Å²) in [5.74, 6) is -0.533. The summed E-state index contributed by atoms with van der Waals surface area (Å²) in [5.41, 5.74) is 2.51. The second kappa shape index (κ2) is 7.76. The molecule has 1 fully saturated rings. The number of hydrogen-bond acceptors (Lipinski definition) is 5. The molecule has 0 bridgehead atoms. The average Bonchev–Trinajstić information content (AvgIpc) is 3.06. The molecule has 1 N–H and O–H groups in total. The summed E-state index contributed by atoms with van der Waals surface area (Å²) >= 11 is 0. The summed E-state index contributed by atoms with van der Waals surface area (Å²) in [6, 6.07) is 6.12. The van der Waals surface area contributed by atoms with Gasteiger partial charge in [0.1, 0.15) is 5.60 Å². The lowest BCUT2D eigenvalue weighted by Gasteiger charge is -2.30. The molecule has 2 aliphatic heterocycles. The summed E-state index contributed by atoms with van der Waals surface area (Å²) in [6.45, 7) is 8.54. The van der Waals surface area contributed by atoms with E-state index in [1.165, 1.54) is 5.57 Å². The Hall–Kier alpha value is -3.16. The lowest BCUT2D eigenvalue weighted by atomic mass is 9.77. The van der Waals surface area contributed by atoms with Gasteiger partial charge in [-0.15, -0.1) is 0 Å². The maximum Gasteiger partial charge on any atom is 0.410 e. The van der Waals surface area contributed by atoms with Gasteiger partial charge < -0.3 is 9.64 Å². The highest BCUT2D eigenvalue weighted by Crippen LogP contribution is 2.37. The fraction of sp³-hybridized carbons (Fsp3) is 0.500. The van der Waals surface area contributed by atoms with Crippen molar-refractivity contribution >= 4 is 34.4 Å². The third-order valence-corrected chi connectivity index (χ3v) is 6.21. The van der Waals surface area contributed by atoms with E-state index in [4.69, 9.17) is 4.74 Å². The zero-order valence-electron chi connectivity index (χ0n) is 19.3. The molecule has 0 spiro atoms. The molecule has 8 heteroatoms. The zero-order valence-corrected chi connectivity index (χ0v) is 19.3. The third kappa shape index (κ3) is 4.01. The number of carbonyl (C=O) groups excluding carboxylic acids is 3. The summed E-state index contributed by atoms with van der Waals surface area (Å²) < 4.78 is 7.26. The Morgan fingerprint density at radius 3 is 2.59 bits per heavy atom. The fourth-order valence-corrected chi connectivity index (χ4v) is 4.32. The van der Waals surface area contributed by atoms with Gasteiger partial charge in [-0.25, -0.2) is 4.79 Å². The quantitative estimate of drug-likeness (QED) is 0.726. The third-order valence-electron chi connectivity index (χ3n) is 6.21. The van der Waals surface area contributed by atoms with Crippen molar-refractivity contribution in [2.75, 3.05) is 13.1 Å². The molecule has 8 nitrogen and oxygen atoms in total. The Kier molecular flexibility index (Phi) is 5.35. The fourth-order valence-electron chi connectivity index (χ4n) is 4.32. The number of imide groups is 1. The SMILES string of the molecule is Cn1nc(C2(C)CCC(=O)NC2=O)c2ccc(C3=CCN(C(=O)OC(C)(C)C)CC3)cc21. The van der Waals surface area contributed by atoms with Crippen LogP contribution in [0.15, 0.2) is 24.3 Å². The number of nitrogens with zero attached hydrogens (tertiary/aromatic N) is 3. The predicted octanol–water partition coefficient (Wildman–Crippen LogP) is 3.29. The largest absolute Gasteiger partial charge is 0.444 e. The highest BCUT2D eigenvalue weighted by atomic mass is 16.6. The van der Waals surface area contributed by atoms with Crippen LogP contribution in [0.5, 0.6) is 0 Å². The van der Waals surface area contributed by atoms with E-state index < -0.39 is 11.0 Å². The topological polar surface area (TPSA) is 93.5 Å². The van der Waals surface area contributed by atoms with Crippen LogP contribution in [0.1, 0.15) is 58.2 Å². The first-order chi connectivity index (χ1) is 15.0. The van der Waals surface area contributed by atoms with Crippen LogP contribution >= 0.6 is 0 Å². The van der Waals surface area contributed by atoms with Crippen LogP contribution in [0, 0.1) is 0 Å². The van der Waals surface area contributed by atoms with Gasteiger partial charge in [0.15, 0.2) is 0 Å². The van der Waals surface area contributed by atoms with Gasteiger partial charge in [0.05, 0.1) is 16.6 Å². The molecule has 3 heterocycles. The first kappa shape index (κ1) is 22.0. The molecule has 1 unspecified atom stereocenters. The number of carbonyl (C=O) groups is 3. The molecular weight excluding hydrogens is 408 g/mol. The van der Waals surface area contributed by atoms with Crippen LogP contribution < -0.4 is 5.32 Å². The van der Waals surface area contributed by atoms with E-state index in [1.807, 2.05) is 46.9 Å². The Bertz CT molecular complexity index is 1140. The highest BCUT2D eigenvalue weighted by molar-refractivity contribution is 6.05. The molecule has 32 heavy (non-hydrogen) atoms. The van der Waals surface area contributed by atoms with Gasteiger partial charge in [-0.05, 0) is 57.7 Å². The van der Waals surface area contributed by atoms with Crippen LogP contribution in [0.2, 0.25) is 0 Å². The number of aromatic nitrogens is 2. The first-order valence-corrected chi connectivity index (χ1v) is 11.0. The average molecular weight is 439 g/mol. The predicted molar refractivity (Wildman–Crippen MR) is 121 cm³/mol. The number of ether oxygens (including phenoxy) is 1. The van der Waals surface area contributed by atoms with Gasteiger partial charge in [-0.1, -0.05) is 18.2 Å². The minimum Gasteiger partial charge on any atom is -0.444 e. The Morgan fingerprint density at radius 2 is 1.97 bits per heavy atom. The molecule has 2 aromatic rings. The normalized spacial score (nSPS) is 22.0. The van der Waals surface area contributed by atoms with Crippen LogP contribution in [0.3, 0.4) is 0 Å². The van der Waals surface area contributed by atoms with Crippen LogP contribution in [0.4, 0.5) is 4.79 Å². The van der Waals surface area contributed by atoms with E-state index in [-0.39, 0.29) is 17.9 Å². The summed E-state index contributed by atoms with van der Waals surface area (Å²) in [7, 11) is 1.87. The minimum atomic E-state index is -0.840. The zero-order chi connectivity index (χ0) is 23.3. The molecule has 4 rings (SSSR count). The van der Waals surface area contributed by atoms with E-state index >= 15 is 0 Å². The van der Waals surface area contributed by atoms with Gasteiger partial charge in [-0.2, -0.15) is 5.10 Å².